The third-order valence-electron chi connectivity index (χ3n) is 4.05. The molecule has 21 heavy (non-hydrogen) atoms. The summed E-state index contributed by atoms with van der Waals surface area (Å²) in [5, 5.41) is 0. The first-order valence-corrected chi connectivity index (χ1v) is 8.41. The van der Waals surface area contributed by atoms with E-state index in [2.05, 4.69) is 27.5 Å². The van der Waals surface area contributed by atoms with Gasteiger partial charge < -0.3 is 10.6 Å². The third-order valence-corrected chi connectivity index (χ3v) is 5.27. The van der Waals surface area contributed by atoms with Gasteiger partial charge in [0.15, 0.2) is 0 Å². The summed E-state index contributed by atoms with van der Waals surface area (Å²) < 4.78 is 1.13. The van der Waals surface area contributed by atoms with Gasteiger partial charge in [0.1, 0.15) is 0 Å². The van der Waals surface area contributed by atoms with E-state index in [-0.39, 0.29) is 11.4 Å². The lowest BCUT2D eigenvalue weighted by Crippen LogP contribution is -2.59. The van der Waals surface area contributed by atoms with Crippen LogP contribution in [0.25, 0.3) is 0 Å². The average molecular weight is 417 g/mol. The van der Waals surface area contributed by atoms with Gasteiger partial charge in [-0.2, -0.15) is 0 Å². The molecule has 2 N–H and O–H groups in total. The average Bonchev–Trinajstić information content (AvgIpc) is 2.47. The van der Waals surface area contributed by atoms with E-state index in [4.69, 9.17) is 18.0 Å². The van der Waals surface area contributed by atoms with E-state index in [1.807, 2.05) is 43.0 Å². The maximum Gasteiger partial charge on any atom is 0.253 e. The molecule has 0 saturated carbocycles. The molecule has 0 spiro atoms. The van der Waals surface area contributed by atoms with Crippen molar-refractivity contribution in [3.63, 3.8) is 0 Å². The fourth-order valence-corrected chi connectivity index (χ4v) is 2.89. The first kappa shape index (κ1) is 16.6. The van der Waals surface area contributed by atoms with Crippen LogP contribution in [0.1, 0.15) is 24.2 Å². The van der Waals surface area contributed by atoms with Gasteiger partial charge in [0.05, 0.1) is 10.5 Å². The Hall–Kier alpha value is -0.730. The van der Waals surface area contributed by atoms with Crippen LogP contribution in [0.2, 0.25) is 0 Å². The molecule has 0 unspecified atom stereocenters. The summed E-state index contributed by atoms with van der Waals surface area (Å²) in [4.78, 5) is 17.1. The number of hydrogen-bond acceptors (Lipinski definition) is 3. The molecule has 1 amide bonds. The lowest BCUT2D eigenvalue weighted by Gasteiger charge is -2.43. The number of nitrogens with two attached hydrogens (primary N) is 1. The minimum absolute atomic E-state index is 0.0965. The predicted octanol–water partition coefficient (Wildman–Crippen LogP) is 2.11. The highest BCUT2D eigenvalue weighted by Crippen LogP contribution is 2.18. The Morgan fingerprint density at radius 2 is 1.71 bits per heavy atom. The van der Waals surface area contributed by atoms with Crippen LogP contribution in [0.5, 0.6) is 0 Å². The molecule has 0 aromatic heterocycles. The Balaban J connectivity index is 1.99. The van der Waals surface area contributed by atoms with Crippen LogP contribution >= 0.6 is 34.8 Å². The number of carbonyl (C=O) groups is 1. The predicted molar refractivity (Wildman–Crippen MR) is 97.5 cm³/mol. The molecule has 0 bridgehead atoms. The quantitative estimate of drug-likeness (QED) is 0.605. The molecule has 1 aliphatic heterocycles. The molecule has 1 heterocycles. The lowest BCUT2D eigenvalue weighted by molar-refractivity contribution is 0.0539. The number of carbonyl (C=O) groups excluding carboxylic acids is 1. The molecular weight excluding hydrogens is 397 g/mol. The zero-order valence-corrected chi connectivity index (χ0v) is 15.3. The van der Waals surface area contributed by atoms with Crippen molar-refractivity contribution in [1.29, 1.82) is 0 Å². The summed E-state index contributed by atoms with van der Waals surface area (Å²) in [5.74, 6) is 0.0965. The number of halogens is 1. The SMILES string of the molecule is CC(C)(C(N)=S)N1CCN(C(=O)c2ccc(I)cc2)CC1. The number of rotatable bonds is 3. The fourth-order valence-electron chi connectivity index (χ4n) is 2.40. The van der Waals surface area contributed by atoms with Crippen LogP contribution in [0, 0.1) is 3.57 Å². The maximum absolute atomic E-state index is 12.5. The molecule has 1 aromatic carbocycles. The Kier molecular flexibility index (Phi) is 5.21. The maximum atomic E-state index is 12.5. The molecule has 0 atom stereocenters. The minimum Gasteiger partial charge on any atom is -0.392 e. The third kappa shape index (κ3) is 3.73. The van der Waals surface area contributed by atoms with Crippen molar-refractivity contribution in [1.82, 2.24) is 9.80 Å². The van der Waals surface area contributed by atoms with E-state index in [0.717, 1.165) is 22.2 Å². The molecule has 1 saturated heterocycles. The minimum atomic E-state index is -0.298. The van der Waals surface area contributed by atoms with Crippen molar-refractivity contribution in [2.24, 2.45) is 5.73 Å². The van der Waals surface area contributed by atoms with Gasteiger partial charge in [0.25, 0.3) is 5.91 Å². The number of piperazine rings is 1. The van der Waals surface area contributed by atoms with Gasteiger partial charge >= 0.3 is 0 Å². The standard InChI is InChI=1S/C15H20IN3OS/c1-15(2,14(17)21)19-9-7-18(8-10-19)13(20)11-3-5-12(16)6-4-11/h3-6H,7-10H2,1-2H3,(H2,17,21). The molecule has 1 aromatic rings. The second-order valence-electron chi connectivity index (χ2n) is 5.71. The van der Waals surface area contributed by atoms with Gasteiger partial charge in [-0.25, -0.2) is 0 Å². The van der Waals surface area contributed by atoms with Crippen LogP contribution in [0.3, 0.4) is 0 Å². The highest BCUT2D eigenvalue weighted by atomic mass is 127. The van der Waals surface area contributed by atoms with Gasteiger partial charge in [-0.05, 0) is 60.7 Å². The molecule has 114 valence electrons. The monoisotopic (exact) mass is 417 g/mol. The van der Waals surface area contributed by atoms with Gasteiger partial charge in [0, 0.05) is 35.3 Å². The van der Waals surface area contributed by atoms with E-state index < -0.39 is 0 Å². The Labute approximate surface area is 144 Å². The normalized spacial score (nSPS) is 16.8. The van der Waals surface area contributed by atoms with Crippen LogP contribution in [-0.4, -0.2) is 52.4 Å². The summed E-state index contributed by atoms with van der Waals surface area (Å²) in [5.41, 5.74) is 6.26. The van der Waals surface area contributed by atoms with Crippen LogP contribution in [-0.2, 0) is 0 Å². The summed E-state index contributed by atoms with van der Waals surface area (Å²) in [7, 11) is 0. The van der Waals surface area contributed by atoms with Crippen LogP contribution in [0.15, 0.2) is 24.3 Å². The van der Waals surface area contributed by atoms with Gasteiger partial charge in [-0.15, -0.1) is 0 Å². The molecule has 2 rings (SSSR count). The number of hydrogen-bond donors (Lipinski definition) is 1. The van der Waals surface area contributed by atoms with Crippen LogP contribution < -0.4 is 5.73 Å². The number of nitrogens with zero attached hydrogens (tertiary/aromatic N) is 2. The molecule has 0 radical (unpaired) electrons. The van der Waals surface area contributed by atoms with E-state index in [1.165, 1.54) is 0 Å². The molecule has 6 heteroatoms. The van der Waals surface area contributed by atoms with E-state index in [1.54, 1.807) is 0 Å². The van der Waals surface area contributed by atoms with Crippen molar-refractivity contribution in [2.75, 3.05) is 26.2 Å². The van der Waals surface area contributed by atoms with E-state index >= 15 is 0 Å². The molecule has 1 fully saturated rings. The number of amides is 1. The van der Waals surface area contributed by atoms with Crippen molar-refractivity contribution >= 4 is 45.7 Å². The largest absolute Gasteiger partial charge is 0.392 e. The molecule has 4 nitrogen and oxygen atoms in total. The van der Waals surface area contributed by atoms with E-state index in [9.17, 15) is 4.79 Å². The zero-order chi connectivity index (χ0) is 15.6. The van der Waals surface area contributed by atoms with Crippen LogP contribution in [0.4, 0.5) is 0 Å². The second kappa shape index (κ2) is 6.58. The lowest BCUT2D eigenvalue weighted by atomic mass is 10.0. The van der Waals surface area contributed by atoms with Crippen molar-refractivity contribution in [3.8, 4) is 0 Å². The van der Waals surface area contributed by atoms with Gasteiger partial charge in [0.2, 0.25) is 0 Å². The first-order valence-electron chi connectivity index (χ1n) is 6.92. The highest BCUT2D eigenvalue weighted by molar-refractivity contribution is 14.1. The Bertz CT molecular complexity index is 536. The van der Waals surface area contributed by atoms with Crippen molar-refractivity contribution in [2.45, 2.75) is 19.4 Å². The Morgan fingerprint density at radius 1 is 1.19 bits per heavy atom. The number of benzene rings is 1. The summed E-state index contributed by atoms with van der Waals surface area (Å²) in [6, 6.07) is 7.69. The molecule has 0 aliphatic carbocycles. The summed E-state index contributed by atoms with van der Waals surface area (Å²) in [6.45, 7) is 7.06. The van der Waals surface area contributed by atoms with Crippen molar-refractivity contribution < 1.29 is 4.79 Å². The van der Waals surface area contributed by atoms with Gasteiger partial charge in [-0.3, -0.25) is 9.69 Å². The summed E-state index contributed by atoms with van der Waals surface area (Å²) in [6.07, 6.45) is 0. The summed E-state index contributed by atoms with van der Waals surface area (Å²) >= 11 is 7.37. The zero-order valence-electron chi connectivity index (χ0n) is 12.3. The topological polar surface area (TPSA) is 49.6 Å². The number of thiocarbonyl (C=S) groups is 1. The second-order valence-corrected chi connectivity index (χ2v) is 7.39. The van der Waals surface area contributed by atoms with E-state index in [0.29, 0.717) is 18.1 Å². The van der Waals surface area contributed by atoms with Crippen molar-refractivity contribution in [3.05, 3.63) is 33.4 Å². The first-order chi connectivity index (χ1) is 9.82. The molecular formula is C15H20IN3OS. The highest BCUT2D eigenvalue weighted by Gasteiger charge is 2.33. The molecule has 1 aliphatic rings. The Morgan fingerprint density at radius 3 is 2.19 bits per heavy atom. The van der Waals surface area contributed by atoms with Gasteiger partial charge in [-0.1, -0.05) is 12.2 Å². The smallest absolute Gasteiger partial charge is 0.253 e. The fraction of sp³-hybridized carbons (Fsp3) is 0.467.